The molecule has 2 aromatic carbocycles. The van der Waals surface area contributed by atoms with Crippen LogP contribution in [0.4, 0.5) is 0 Å². The summed E-state index contributed by atoms with van der Waals surface area (Å²) in [4.78, 5) is 16.5. The number of carbonyl (C=O) groups is 1. The lowest BCUT2D eigenvalue weighted by atomic mass is 10.1. The fourth-order valence-corrected chi connectivity index (χ4v) is 4.77. The highest BCUT2D eigenvalue weighted by Gasteiger charge is 2.21. The number of ketones is 1. The smallest absolute Gasteiger partial charge is 0.192 e. The number of fused-ring (bicyclic) bond motifs is 1. The molecule has 0 radical (unpaired) electrons. The lowest BCUT2D eigenvalue weighted by Crippen LogP contribution is -2.07. The van der Waals surface area contributed by atoms with Crippen LogP contribution in [0, 0.1) is 13.8 Å². The van der Waals surface area contributed by atoms with Gasteiger partial charge < -0.3 is 9.40 Å². The number of rotatable bonds is 7. The van der Waals surface area contributed by atoms with E-state index in [1.807, 2.05) is 66.9 Å². The first-order valence-corrected chi connectivity index (χ1v) is 11.4. The molecule has 0 amide bonds. The number of hydrogen-bond donors (Lipinski definition) is 1. The van der Waals surface area contributed by atoms with E-state index in [2.05, 4.69) is 27.3 Å². The summed E-state index contributed by atoms with van der Waals surface area (Å²) in [6, 6.07) is 19.9. The van der Waals surface area contributed by atoms with E-state index in [-0.39, 0.29) is 11.5 Å². The molecule has 5 rings (SSSR count). The zero-order chi connectivity index (χ0) is 22.1. The first kappa shape index (κ1) is 20.3. The third kappa shape index (κ3) is 3.76. The van der Waals surface area contributed by atoms with Crippen molar-refractivity contribution in [3.63, 3.8) is 0 Å². The van der Waals surface area contributed by atoms with Crippen molar-refractivity contribution in [2.24, 2.45) is 0 Å². The Labute approximate surface area is 189 Å². The molecule has 0 saturated heterocycles. The molecular formula is C25H22N4O2S. The molecule has 6 nitrogen and oxygen atoms in total. The lowest BCUT2D eigenvalue weighted by Gasteiger charge is -2.10. The largest absolute Gasteiger partial charge is 0.469 e. The molecule has 0 atom stereocenters. The van der Waals surface area contributed by atoms with E-state index in [0.29, 0.717) is 11.7 Å². The topological polar surface area (TPSA) is 76.7 Å². The summed E-state index contributed by atoms with van der Waals surface area (Å²) in [6.07, 6.45) is 1.66. The van der Waals surface area contributed by atoms with Crippen LogP contribution >= 0.6 is 11.8 Å². The molecule has 3 heterocycles. The molecule has 5 aromatic rings. The molecule has 0 saturated carbocycles. The van der Waals surface area contributed by atoms with Crippen LogP contribution in [0.25, 0.3) is 22.3 Å². The number of nitrogens with one attached hydrogen (secondary N) is 1. The second-order valence-corrected chi connectivity index (χ2v) is 8.59. The first-order chi connectivity index (χ1) is 15.6. The Balaban J connectivity index is 1.45. The normalized spacial score (nSPS) is 11.3. The van der Waals surface area contributed by atoms with Crippen LogP contribution in [0.3, 0.4) is 0 Å². The minimum atomic E-state index is 0.0697. The van der Waals surface area contributed by atoms with Crippen LogP contribution in [0.1, 0.15) is 27.4 Å². The van der Waals surface area contributed by atoms with E-state index in [0.717, 1.165) is 44.9 Å². The number of hydrogen-bond acceptors (Lipinski definition) is 5. The predicted octanol–water partition coefficient (Wildman–Crippen LogP) is 5.66. The average Bonchev–Trinajstić information content (AvgIpc) is 3.49. The summed E-state index contributed by atoms with van der Waals surface area (Å²) < 4.78 is 7.54. The zero-order valence-electron chi connectivity index (χ0n) is 17.8. The number of thioether (sulfide) groups is 1. The van der Waals surface area contributed by atoms with Gasteiger partial charge in [-0.2, -0.15) is 0 Å². The third-order valence-corrected chi connectivity index (χ3v) is 6.47. The fourth-order valence-electron chi connectivity index (χ4n) is 3.96. The number of furan rings is 1. The highest BCUT2D eigenvalue weighted by molar-refractivity contribution is 7.99. The number of Topliss-reactive ketones (excluding diaryl/α,β-unsaturated/α-hetero) is 1. The Morgan fingerprint density at radius 1 is 1.03 bits per heavy atom. The zero-order valence-corrected chi connectivity index (χ0v) is 18.6. The highest BCUT2D eigenvalue weighted by atomic mass is 32.2. The van der Waals surface area contributed by atoms with Crippen molar-refractivity contribution in [3.05, 3.63) is 89.5 Å². The van der Waals surface area contributed by atoms with Gasteiger partial charge in [0.1, 0.15) is 5.76 Å². The van der Waals surface area contributed by atoms with E-state index < -0.39 is 0 Å². The lowest BCUT2D eigenvalue weighted by molar-refractivity contribution is 0.102. The van der Waals surface area contributed by atoms with Crippen molar-refractivity contribution in [1.29, 1.82) is 0 Å². The van der Waals surface area contributed by atoms with Crippen LogP contribution in [0.5, 0.6) is 0 Å². The maximum atomic E-state index is 13.2. The van der Waals surface area contributed by atoms with Gasteiger partial charge in [-0.25, -0.2) is 0 Å². The molecule has 160 valence electrons. The molecule has 0 spiro atoms. The standard InChI is InChI=1S/C25H22N4O2S/c1-16-23(20-10-6-7-11-21(20)26-16)22(30)15-32-25-28-27-24(19-12-13-31-17(19)2)29(25)14-18-8-4-3-5-9-18/h3-13,26H,14-15H2,1-2H3. The summed E-state index contributed by atoms with van der Waals surface area (Å²) in [6.45, 7) is 4.46. The number of para-hydroxylation sites is 1. The Morgan fingerprint density at radius 2 is 1.81 bits per heavy atom. The molecule has 0 unspecified atom stereocenters. The van der Waals surface area contributed by atoms with Crippen molar-refractivity contribution in [2.75, 3.05) is 5.75 Å². The average molecular weight is 443 g/mol. The van der Waals surface area contributed by atoms with E-state index in [4.69, 9.17) is 4.42 Å². The summed E-state index contributed by atoms with van der Waals surface area (Å²) in [7, 11) is 0. The Hall–Kier alpha value is -3.58. The van der Waals surface area contributed by atoms with Crippen molar-refractivity contribution in [2.45, 2.75) is 25.5 Å². The van der Waals surface area contributed by atoms with Gasteiger partial charge in [0.25, 0.3) is 0 Å². The third-order valence-electron chi connectivity index (χ3n) is 5.50. The van der Waals surface area contributed by atoms with Crippen LogP contribution < -0.4 is 0 Å². The maximum Gasteiger partial charge on any atom is 0.192 e. The fraction of sp³-hybridized carbons (Fsp3) is 0.160. The van der Waals surface area contributed by atoms with E-state index in [1.165, 1.54) is 11.8 Å². The summed E-state index contributed by atoms with van der Waals surface area (Å²) in [5, 5.41) is 10.5. The van der Waals surface area contributed by atoms with Crippen molar-refractivity contribution in [3.8, 4) is 11.4 Å². The Morgan fingerprint density at radius 3 is 2.59 bits per heavy atom. The van der Waals surface area contributed by atoms with Gasteiger partial charge in [-0.3, -0.25) is 9.36 Å². The van der Waals surface area contributed by atoms with Crippen molar-refractivity contribution in [1.82, 2.24) is 19.7 Å². The molecule has 3 aromatic heterocycles. The first-order valence-electron chi connectivity index (χ1n) is 10.4. The van der Waals surface area contributed by atoms with Gasteiger partial charge in [-0.1, -0.05) is 60.3 Å². The Kier molecular flexibility index (Phi) is 5.41. The molecule has 0 fully saturated rings. The van der Waals surface area contributed by atoms with Gasteiger partial charge >= 0.3 is 0 Å². The predicted molar refractivity (Wildman–Crippen MR) is 126 cm³/mol. The molecule has 1 N–H and O–H groups in total. The molecule has 0 aliphatic heterocycles. The van der Waals surface area contributed by atoms with Crippen LogP contribution in [0.2, 0.25) is 0 Å². The highest BCUT2D eigenvalue weighted by Crippen LogP contribution is 2.29. The molecule has 0 bridgehead atoms. The summed E-state index contributed by atoms with van der Waals surface area (Å²) in [5.41, 5.74) is 4.64. The SMILES string of the molecule is Cc1[nH]c2ccccc2c1C(=O)CSc1nnc(-c2ccoc2C)n1Cc1ccccc1. The number of aromatic nitrogens is 4. The Bertz CT molecular complexity index is 1400. The minimum Gasteiger partial charge on any atom is -0.469 e. The maximum absolute atomic E-state index is 13.2. The summed E-state index contributed by atoms with van der Waals surface area (Å²) >= 11 is 1.41. The molecule has 32 heavy (non-hydrogen) atoms. The number of carbonyl (C=O) groups excluding carboxylic acids is 1. The number of H-pyrrole nitrogens is 1. The number of aromatic amines is 1. The number of aryl methyl sites for hydroxylation is 2. The van der Waals surface area contributed by atoms with Crippen molar-refractivity contribution < 1.29 is 9.21 Å². The molecule has 0 aliphatic carbocycles. The van der Waals surface area contributed by atoms with Gasteiger partial charge in [-0.05, 0) is 31.5 Å². The van der Waals surface area contributed by atoms with E-state index >= 15 is 0 Å². The number of nitrogens with zero attached hydrogens (tertiary/aromatic N) is 3. The van der Waals surface area contributed by atoms with Gasteiger partial charge in [0.2, 0.25) is 0 Å². The van der Waals surface area contributed by atoms with Crippen LogP contribution in [-0.2, 0) is 6.54 Å². The second kappa shape index (κ2) is 8.51. The van der Waals surface area contributed by atoms with Gasteiger partial charge in [0.15, 0.2) is 16.8 Å². The van der Waals surface area contributed by atoms with Gasteiger partial charge in [0, 0.05) is 22.2 Å². The number of benzene rings is 2. The van der Waals surface area contributed by atoms with Gasteiger partial charge in [-0.15, -0.1) is 10.2 Å². The molecular weight excluding hydrogens is 420 g/mol. The monoisotopic (exact) mass is 442 g/mol. The minimum absolute atomic E-state index is 0.0697. The quantitative estimate of drug-likeness (QED) is 0.260. The molecule has 0 aliphatic rings. The van der Waals surface area contributed by atoms with E-state index in [9.17, 15) is 4.79 Å². The van der Waals surface area contributed by atoms with Crippen LogP contribution in [0.15, 0.2) is 76.5 Å². The van der Waals surface area contributed by atoms with Crippen molar-refractivity contribution >= 4 is 28.4 Å². The van der Waals surface area contributed by atoms with Gasteiger partial charge in [0.05, 0.1) is 24.1 Å². The summed E-state index contributed by atoms with van der Waals surface area (Å²) in [5.74, 6) is 1.87. The molecule has 7 heteroatoms. The van der Waals surface area contributed by atoms with Crippen LogP contribution in [-0.4, -0.2) is 31.3 Å². The van der Waals surface area contributed by atoms with E-state index in [1.54, 1.807) is 6.26 Å². The second-order valence-electron chi connectivity index (χ2n) is 7.65.